The Hall–Kier alpha value is -1.14. The molecule has 1 aromatic rings. The van der Waals surface area contributed by atoms with Crippen LogP contribution in [0.2, 0.25) is 5.02 Å². The van der Waals surface area contributed by atoms with Gasteiger partial charge in [0, 0.05) is 5.54 Å². The fourth-order valence-electron chi connectivity index (χ4n) is 2.23. The quantitative estimate of drug-likeness (QED) is 0.879. The van der Waals surface area contributed by atoms with Crippen LogP contribution in [0.4, 0.5) is 0 Å². The number of nitrogens with zero attached hydrogens (tertiary/aromatic N) is 1. The molecule has 0 amide bonds. The molecular formula is C12H13ClN2O4S2. The van der Waals surface area contributed by atoms with E-state index in [1.807, 2.05) is 6.07 Å². The predicted octanol–water partition coefficient (Wildman–Crippen LogP) is 1.07. The zero-order chi connectivity index (χ0) is 15.9. The summed E-state index contributed by atoms with van der Waals surface area (Å²) in [6, 6.07) is 5.59. The highest BCUT2D eigenvalue weighted by Gasteiger charge is 2.41. The Balaban J connectivity index is 2.32. The molecule has 1 aliphatic heterocycles. The van der Waals surface area contributed by atoms with Crippen molar-refractivity contribution in [2.24, 2.45) is 0 Å². The number of sulfone groups is 1. The van der Waals surface area contributed by atoms with Crippen LogP contribution in [-0.2, 0) is 19.9 Å². The average molecular weight is 349 g/mol. The fourth-order valence-corrected chi connectivity index (χ4v) is 6.16. The molecule has 1 unspecified atom stereocenters. The molecule has 114 valence electrons. The molecule has 1 atom stereocenters. The largest absolute Gasteiger partial charge is 0.241 e. The van der Waals surface area contributed by atoms with Gasteiger partial charge in [0.1, 0.15) is 6.07 Å². The zero-order valence-corrected chi connectivity index (χ0v) is 13.5. The van der Waals surface area contributed by atoms with Gasteiger partial charge in [0.25, 0.3) is 0 Å². The van der Waals surface area contributed by atoms with Crippen molar-refractivity contribution < 1.29 is 16.8 Å². The van der Waals surface area contributed by atoms with Crippen molar-refractivity contribution in [1.29, 1.82) is 5.26 Å². The third kappa shape index (κ3) is 3.55. The third-order valence-corrected chi connectivity index (χ3v) is 7.11. The Labute approximate surface area is 128 Å². The molecule has 1 aliphatic rings. The smallest absolute Gasteiger partial charge is 0.229 e. The molecule has 2 rings (SSSR count). The summed E-state index contributed by atoms with van der Waals surface area (Å²) < 4.78 is 50.1. The van der Waals surface area contributed by atoms with Crippen molar-refractivity contribution in [3.05, 3.63) is 28.8 Å². The van der Waals surface area contributed by atoms with Crippen molar-refractivity contribution >= 4 is 31.5 Å². The maximum Gasteiger partial charge on any atom is 0.241 e. The topological polar surface area (TPSA) is 104 Å². The molecule has 1 saturated heterocycles. The van der Waals surface area contributed by atoms with Gasteiger partial charge in [0.2, 0.25) is 10.0 Å². The maximum atomic E-state index is 12.3. The zero-order valence-electron chi connectivity index (χ0n) is 11.1. The van der Waals surface area contributed by atoms with Crippen molar-refractivity contribution in [3.63, 3.8) is 0 Å². The Morgan fingerprint density at radius 3 is 2.57 bits per heavy atom. The molecular weight excluding hydrogens is 336 g/mol. The first-order valence-corrected chi connectivity index (χ1v) is 9.69. The average Bonchev–Trinajstić information content (AvgIpc) is 2.62. The summed E-state index contributed by atoms with van der Waals surface area (Å²) in [5, 5.41) is 8.81. The highest BCUT2D eigenvalue weighted by molar-refractivity contribution is 7.92. The van der Waals surface area contributed by atoms with Crippen LogP contribution in [-0.4, -0.2) is 33.9 Å². The van der Waals surface area contributed by atoms with E-state index in [9.17, 15) is 16.8 Å². The summed E-state index contributed by atoms with van der Waals surface area (Å²) >= 11 is 5.82. The van der Waals surface area contributed by atoms with Gasteiger partial charge in [-0.05, 0) is 31.5 Å². The fraction of sp³-hybridized carbons (Fsp3) is 0.417. The summed E-state index contributed by atoms with van der Waals surface area (Å²) in [6.45, 7) is 1.56. The van der Waals surface area contributed by atoms with E-state index in [1.54, 1.807) is 6.92 Å². The third-order valence-electron chi connectivity index (χ3n) is 3.26. The van der Waals surface area contributed by atoms with E-state index >= 15 is 0 Å². The highest BCUT2D eigenvalue weighted by atomic mass is 35.5. The van der Waals surface area contributed by atoms with E-state index in [1.165, 1.54) is 18.2 Å². The molecule has 6 nitrogen and oxygen atoms in total. The molecule has 1 N–H and O–H groups in total. The Morgan fingerprint density at radius 1 is 1.43 bits per heavy atom. The molecule has 0 bridgehead atoms. The molecule has 0 aliphatic carbocycles. The van der Waals surface area contributed by atoms with Crippen LogP contribution in [0.15, 0.2) is 23.1 Å². The van der Waals surface area contributed by atoms with E-state index in [0.29, 0.717) is 0 Å². The number of benzene rings is 1. The first kappa shape index (κ1) is 16.2. The number of hydrogen-bond donors (Lipinski definition) is 1. The normalized spacial score (nSPS) is 24.6. The van der Waals surface area contributed by atoms with Gasteiger partial charge < -0.3 is 0 Å². The van der Waals surface area contributed by atoms with E-state index in [2.05, 4.69) is 4.72 Å². The SMILES string of the molecule is CC1(NS(=O)(=O)c2ccc(C#N)c(Cl)c2)CCS(=O)(=O)C1. The number of halogens is 1. The van der Waals surface area contributed by atoms with E-state index in [0.717, 1.165) is 0 Å². The number of rotatable bonds is 3. The standard InChI is InChI=1S/C12H13ClN2O4S2/c1-12(4-5-20(16,17)8-12)15-21(18,19)10-3-2-9(7-14)11(13)6-10/h2-3,6,15H,4-5,8H2,1H3. The number of nitrogens with one attached hydrogen (secondary N) is 1. The number of sulfonamides is 1. The van der Waals surface area contributed by atoms with E-state index in [-0.39, 0.29) is 33.4 Å². The summed E-state index contributed by atoms with van der Waals surface area (Å²) in [7, 11) is -7.13. The molecule has 21 heavy (non-hydrogen) atoms. The van der Waals surface area contributed by atoms with Gasteiger partial charge in [0.05, 0.1) is 27.0 Å². The predicted molar refractivity (Wildman–Crippen MR) is 78.2 cm³/mol. The first-order valence-electron chi connectivity index (χ1n) is 6.01. The molecule has 0 aromatic heterocycles. The number of hydrogen-bond acceptors (Lipinski definition) is 5. The second-order valence-corrected chi connectivity index (χ2v) is 9.54. The minimum atomic E-state index is -3.91. The molecule has 0 radical (unpaired) electrons. The molecule has 1 aromatic carbocycles. The van der Waals surface area contributed by atoms with Crippen LogP contribution in [0, 0.1) is 11.3 Å². The van der Waals surface area contributed by atoms with Crippen LogP contribution in [0.3, 0.4) is 0 Å². The van der Waals surface area contributed by atoms with Crippen molar-refractivity contribution in [1.82, 2.24) is 4.72 Å². The van der Waals surface area contributed by atoms with Crippen molar-refractivity contribution in [3.8, 4) is 6.07 Å². The van der Waals surface area contributed by atoms with Crippen molar-refractivity contribution in [2.75, 3.05) is 11.5 Å². The van der Waals surface area contributed by atoms with Crippen LogP contribution in [0.5, 0.6) is 0 Å². The summed E-state index contributed by atoms with van der Waals surface area (Å²) in [5.74, 6) is -0.274. The van der Waals surface area contributed by atoms with E-state index in [4.69, 9.17) is 16.9 Å². The van der Waals surface area contributed by atoms with Crippen molar-refractivity contribution in [2.45, 2.75) is 23.8 Å². The molecule has 9 heteroatoms. The minimum absolute atomic E-state index is 0.0320. The van der Waals surface area contributed by atoms with Gasteiger partial charge >= 0.3 is 0 Å². The van der Waals surface area contributed by atoms with E-state index < -0.39 is 25.4 Å². The Bertz CT molecular complexity index is 827. The first-order chi connectivity index (χ1) is 9.57. The number of nitriles is 1. The Kier molecular flexibility index (Phi) is 4.06. The second kappa shape index (κ2) is 5.25. The van der Waals surface area contributed by atoms with Crippen LogP contribution < -0.4 is 4.72 Å². The molecule has 0 spiro atoms. The summed E-state index contributed by atoms with van der Waals surface area (Å²) in [4.78, 5) is -0.1000. The van der Waals surface area contributed by atoms with Crippen LogP contribution >= 0.6 is 11.6 Å². The second-order valence-electron chi connectivity index (χ2n) is 5.26. The maximum absolute atomic E-state index is 12.3. The molecule has 1 heterocycles. The monoisotopic (exact) mass is 348 g/mol. The molecule has 1 fully saturated rings. The van der Waals surface area contributed by atoms with Gasteiger partial charge in [0.15, 0.2) is 9.84 Å². The van der Waals surface area contributed by atoms with Gasteiger partial charge in [-0.1, -0.05) is 11.6 Å². The van der Waals surface area contributed by atoms with Gasteiger partial charge in [-0.15, -0.1) is 0 Å². The van der Waals surface area contributed by atoms with Crippen LogP contribution in [0.25, 0.3) is 0 Å². The van der Waals surface area contributed by atoms with Gasteiger partial charge in [-0.25, -0.2) is 21.6 Å². The summed E-state index contributed by atoms with van der Waals surface area (Å²) in [5.41, 5.74) is -0.858. The molecule has 0 saturated carbocycles. The lowest BCUT2D eigenvalue weighted by molar-refractivity contribution is 0.462. The lowest BCUT2D eigenvalue weighted by Gasteiger charge is -2.23. The summed E-state index contributed by atoms with van der Waals surface area (Å²) in [6.07, 6.45) is 0.221. The van der Waals surface area contributed by atoms with Gasteiger partial charge in [-0.2, -0.15) is 5.26 Å². The highest BCUT2D eigenvalue weighted by Crippen LogP contribution is 2.26. The minimum Gasteiger partial charge on any atom is -0.229 e. The Morgan fingerprint density at radius 2 is 2.10 bits per heavy atom. The van der Waals surface area contributed by atoms with Crippen LogP contribution in [0.1, 0.15) is 18.9 Å². The van der Waals surface area contributed by atoms with Gasteiger partial charge in [-0.3, -0.25) is 0 Å². The lowest BCUT2D eigenvalue weighted by atomic mass is 10.0. The lowest BCUT2D eigenvalue weighted by Crippen LogP contribution is -2.46.